The minimum Gasteiger partial charge on any atom is -0.477 e. The molecule has 114 valence electrons. The Bertz CT molecular complexity index is 590. The van der Waals surface area contributed by atoms with Crippen LogP contribution in [-0.4, -0.2) is 55.3 Å². The van der Waals surface area contributed by atoms with Crippen LogP contribution in [0.25, 0.3) is 0 Å². The van der Waals surface area contributed by atoms with Crippen LogP contribution in [0.4, 0.5) is 0 Å². The number of thioether (sulfide) groups is 1. The molecule has 0 saturated carbocycles. The zero-order valence-electron chi connectivity index (χ0n) is 10.9. The second-order valence-electron chi connectivity index (χ2n) is 4.55. The second-order valence-corrected chi connectivity index (χ2v) is 6.78. The molecule has 0 aromatic carbocycles. The van der Waals surface area contributed by atoms with Gasteiger partial charge in [0.15, 0.2) is 5.54 Å². The van der Waals surface area contributed by atoms with E-state index in [1.807, 2.05) is 0 Å². The quantitative estimate of drug-likeness (QED) is 0.276. The maximum atomic E-state index is 12.2. The summed E-state index contributed by atoms with van der Waals surface area (Å²) in [5, 5.41) is 8.72. The van der Waals surface area contributed by atoms with Gasteiger partial charge in [0.25, 0.3) is 5.91 Å². The molecule has 0 aromatic rings. The predicted molar refractivity (Wildman–Crippen MR) is 82.9 cm³/mol. The van der Waals surface area contributed by atoms with Gasteiger partial charge in [-0.2, -0.15) is 0 Å². The van der Waals surface area contributed by atoms with Crippen LogP contribution in [0, 0.1) is 0 Å². The molecule has 0 bridgehead atoms. The largest absolute Gasteiger partial charge is 0.477 e. The number of ether oxygens (including phenoxy) is 1. The van der Waals surface area contributed by atoms with Crippen molar-refractivity contribution in [2.45, 2.75) is 17.8 Å². The van der Waals surface area contributed by atoms with Crippen molar-refractivity contribution < 1.29 is 24.2 Å². The number of nitrogens with zero attached hydrogens (tertiary/aromatic N) is 1. The maximum Gasteiger partial charge on any atom is 0.352 e. The number of hydrogen-bond donors (Lipinski definition) is 3. The third-order valence-corrected chi connectivity index (χ3v) is 5.32. The van der Waals surface area contributed by atoms with E-state index in [4.69, 9.17) is 22.7 Å². The van der Waals surface area contributed by atoms with Crippen LogP contribution in [0.1, 0.15) is 6.92 Å². The van der Waals surface area contributed by atoms with Crippen molar-refractivity contribution in [3.05, 3.63) is 11.3 Å². The van der Waals surface area contributed by atoms with E-state index in [0.29, 0.717) is 5.57 Å². The first-order chi connectivity index (χ1) is 9.71. The Hall–Kier alpha value is -1.10. The number of thiol groups is 1. The fraction of sp³-hybridized carbons (Fsp3) is 0.455. The van der Waals surface area contributed by atoms with E-state index in [9.17, 15) is 19.5 Å². The Labute approximate surface area is 135 Å². The Morgan fingerprint density at radius 1 is 1.67 bits per heavy atom. The van der Waals surface area contributed by atoms with Crippen LogP contribution >= 0.6 is 36.6 Å². The van der Waals surface area contributed by atoms with Gasteiger partial charge in [-0.1, -0.05) is 12.2 Å². The van der Waals surface area contributed by atoms with Crippen molar-refractivity contribution in [1.29, 1.82) is 0 Å². The van der Waals surface area contributed by atoms with Gasteiger partial charge < -0.3 is 15.6 Å². The number of fused-ring (bicyclic) bond motifs is 1. The van der Waals surface area contributed by atoms with E-state index in [-0.39, 0.29) is 22.3 Å². The number of carboxylic acids is 1. The highest BCUT2D eigenvalue weighted by atomic mass is 32.2. The summed E-state index contributed by atoms with van der Waals surface area (Å²) in [6, 6.07) is 0. The molecular formula is C11H12N2O5S3. The summed E-state index contributed by atoms with van der Waals surface area (Å²) in [5.74, 6) is -2.14. The molecule has 2 aliphatic rings. The van der Waals surface area contributed by atoms with Crippen LogP contribution < -0.4 is 5.73 Å². The standard InChI is InChI=1S/C11H12N2O5S3/c1-4(14)18-2-5-3-21-9-11(12,10(19)20)8(17)13(9)6(5)7(15)16/h9H,2-3,12H2,1H3,(H,15,16)(H,19,20)/t9-,11?/m1/s1. The number of rotatable bonds is 4. The average molecular weight is 348 g/mol. The molecule has 1 amide bonds. The third kappa shape index (κ3) is 2.45. The number of esters is 1. The summed E-state index contributed by atoms with van der Waals surface area (Å²) in [5.41, 5.74) is 4.64. The van der Waals surface area contributed by atoms with Crippen LogP contribution in [0.5, 0.6) is 0 Å². The fourth-order valence-electron chi connectivity index (χ4n) is 2.14. The van der Waals surface area contributed by atoms with Gasteiger partial charge in [-0.3, -0.25) is 14.5 Å². The molecule has 7 nitrogen and oxygen atoms in total. The van der Waals surface area contributed by atoms with E-state index >= 15 is 0 Å². The van der Waals surface area contributed by atoms with E-state index < -0.39 is 28.8 Å². The molecule has 3 N–H and O–H groups in total. The highest BCUT2D eigenvalue weighted by Crippen LogP contribution is 2.46. The number of aliphatic carboxylic acids is 1. The Morgan fingerprint density at radius 3 is 2.76 bits per heavy atom. The number of nitrogens with two attached hydrogens (primary N) is 1. The molecule has 1 fully saturated rings. The molecular weight excluding hydrogens is 336 g/mol. The van der Waals surface area contributed by atoms with Crippen LogP contribution in [0.15, 0.2) is 11.3 Å². The lowest BCUT2D eigenvalue weighted by atomic mass is 9.89. The lowest BCUT2D eigenvalue weighted by Crippen LogP contribution is -2.80. The molecule has 21 heavy (non-hydrogen) atoms. The zero-order chi connectivity index (χ0) is 15.9. The van der Waals surface area contributed by atoms with Gasteiger partial charge in [0, 0.05) is 18.2 Å². The lowest BCUT2D eigenvalue weighted by molar-refractivity contribution is -0.150. The number of hydrogen-bond acceptors (Lipinski definition) is 7. The van der Waals surface area contributed by atoms with Gasteiger partial charge >= 0.3 is 11.9 Å². The van der Waals surface area contributed by atoms with Crippen LogP contribution in [-0.2, 0) is 19.1 Å². The summed E-state index contributed by atoms with van der Waals surface area (Å²) >= 11 is 10.1. The van der Waals surface area contributed by atoms with Gasteiger partial charge in [0.05, 0.1) is 4.20 Å². The number of amides is 1. The molecule has 2 aliphatic heterocycles. The number of β-lactam (4-membered cyclic amide) rings is 1. The van der Waals surface area contributed by atoms with Crippen molar-refractivity contribution in [2.75, 3.05) is 12.4 Å². The summed E-state index contributed by atoms with van der Waals surface area (Å²) in [7, 11) is 0. The van der Waals surface area contributed by atoms with E-state index in [0.717, 1.165) is 4.90 Å². The first-order valence-electron chi connectivity index (χ1n) is 5.77. The fourth-order valence-corrected chi connectivity index (χ4v) is 4.13. The van der Waals surface area contributed by atoms with Crippen molar-refractivity contribution in [1.82, 2.24) is 4.90 Å². The molecule has 10 heteroatoms. The van der Waals surface area contributed by atoms with Crippen LogP contribution in [0.3, 0.4) is 0 Å². The Balaban J connectivity index is 2.35. The van der Waals surface area contributed by atoms with Gasteiger partial charge in [-0.25, -0.2) is 4.79 Å². The van der Waals surface area contributed by atoms with Crippen molar-refractivity contribution in [3.8, 4) is 0 Å². The molecule has 2 heterocycles. The third-order valence-electron chi connectivity index (χ3n) is 3.19. The summed E-state index contributed by atoms with van der Waals surface area (Å²) in [6.45, 7) is 1.04. The molecule has 1 unspecified atom stereocenters. The van der Waals surface area contributed by atoms with Gasteiger partial charge in [0.2, 0.25) is 0 Å². The average Bonchev–Trinajstić information content (AvgIpc) is 2.41. The van der Waals surface area contributed by atoms with E-state index in [1.165, 1.54) is 18.7 Å². The SMILES string of the molecule is CC(=O)OCC1=C(C(=O)O)N2C(=O)C(N)(C(=S)S)[C@H]2SC1. The lowest BCUT2D eigenvalue weighted by Gasteiger charge is -2.54. The molecule has 0 aliphatic carbocycles. The summed E-state index contributed by atoms with van der Waals surface area (Å²) in [4.78, 5) is 35.6. The van der Waals surface area contributed by atoms with E-state index in [2.05, 4.69) is 12.6 Å². The predicted octanol–water partition coefficient (Wildman–Crippen LogP) is -0.242. The Morgan fingerprint density at radius 2 is 2.29 bits per heavy atom. The number of carbonyl (C=O) groups is 3. The molecule has 1 saturated heterocycles. The Kier molecular flexibility index (Phi) is 4.34. The van der Waals surface area contributed by atoms with Crippen LogP contribution in [0.2, 0.25) is 0 Å². The van der Waals surface area contributed by atoms with Crippen molar-refractivity contribution in [3.63, 3.8) is 0 Å². The maximum absolute atomic E-state index is 12.2. The van der Waals surface area contributed by atoms with Crippen molar-refractivity contribution in [2.24, 2.45) is 5.73 Å². The first-order valence-corrected chi connectivity index (χ1v) is 7.67. The van der Waals surface area contributed by atoms with Gasteiger partial charge in [0.1, 0.15) is 17.7 Å². The topological polar surface area (TPSA) is 110 Å². The summed E-state index contributed by atoms with van der Waals surface area (Å²) < 4.78 is 4.84. The molecule has 0 radical (unpaired) electrons. The molecule has 0 spiro atoms. The highest BCUT2D eigenvalue weighted by molar-refractivity contribution is 8.11. The zero-order valence-corrected chi connectivity index (χ0v) is 13.4. The number of carbonyl (C=O) groups excluding carboxylic acids is 2. The minimum absolute atomic E-state index is 0.0226. The smallest absolute Gasteiger partial charge is 0.352 e. The van der Waals surface area contributed by atoms with Gasteiger partial charge in [-0.15, -0.1) is 24.4 Å². The molecule has 2 atom stereocenters. The monoisotopic (exact) mass is 348 g/mol. The second kappa shape index (κ2) is 5.59. The number of carboxylic acid groups (broad SMARTS) is 1. The molecule has 2 rings (SSSR count). The summed E-state index contributed by atoms with van der Waals surface area (Å²) in [6.07, 6.45) is 0. The molecule has 0 aromatic heterocycles. The normalized spacial score (nSPS) is 27.9. The van der Waals surface area contributed by atoms with E-state index in [1.54, 1.807) is 0 Å². The van der Waals surface area contributed by atoms with Gasteiger partial charge in [-0.05, 0) is 0 Å². The minimum atomic E-state index is -1.45. The number of thiocarbonyl (C=S) groups is 1. The van der Waals surface area contributed by atoms with Crippen molar-refractivity contribution >= 4 is 58.7 Å². The first kappa shape index (κ1) is 16.3. The highest BCUT2D eigenvalue weighted by Gasteiger charge is 2.64.